The molecule has 0 nitrogen and oxygen atoms in total. The summed E-state index contributed by atoms with van der Waals surface area (Å²) in [5, 5.41) is 0. The van der Waals surface area contributed by atoms with E-state index in [1.54, 1.807) is 0 Å². The lowest BCUT2D eigenvalue weighted by atomic mass is 9.41. The van der Waals surface area contributed by atoms with Gasteiger partial charge in [0.1, 0.15) is 0 Å². The van der Waals surface area contributed by atoms with E-state index in [1.807, 2.05) is 5.57 Å². The van der Waals surface area contributed by atoms with Crippen molar-refractivity contribution in [1.29, 1.82) is 0 Å². The first kappa shape index (κ1) is 22.9. The van der Waals surface area contributed by atoms with Gasteiger partial charge in [-0.15, -0.1) is 0 Å². The van der Waals surface area contributed by atoms with E-state index in [0.29, 0.717) is 21.7 Å². The Bertz CT molecular complexity index is 668. The summed E-state index contributed by atoms with van der Waals surface area (Å²) in [6.45, 7) is 20.7. The van der Waals surface area contributed by atoms with Crippen molar-refractivity contribution < 1.29 is 0 Å². The van der Waals surface area contributed by atoms with Crippen LogP contribution in [-0.4, -0.2) is 0 Å². The lowest BCUT2D eigenvalue weighted by molar-refractivity contribution is -0.0701. The maximum Gasteiger partial charge on any atom is -0.00801 e. The summed E-state index contributed by atoms with van der Waals surface area (Å²) in [6.07, 6.45) is 18.7. The fourth-order valence-electron chi connectivity index (χ4n) is 9.82. The van der Waals surface area contributed by atoms with Gasteiger partial charge in [-0.2, -0.15) is 0 Å². The summed E-state index contributed by atoms with van der Waals surface area (Å²) >= 11 is 0. The first-order valence-corrected chi connectivity index (χ1v) is 13.7. The average Bonchev–Trinajstić information content (AvgIpc) is 2.92. The molecule has 0 bridgehead atoms. The Morgan fingerprint density at radius 3 is 2.30 bits per heavy atom. The Hall–Kier alpha value is -0.260. The van der Waals surface area contributed by atoms with Gasteiger partial charge in [-0.05, 0) is 96.2 Å². The Kier molecular flexibility index (Phi) is 5.85. The van der Waals surface area contributed by atoms with Gasteiger partial charge in [0.2, 0.25) is 0 Å². The molecule has 172 valence electrons. The van der Waals surface area contributed by atoms with E-state index in [2.05, 4.69) is 61.5 Å². The Balaban J connectivity index is 1.60. The van der Waals surface area contributed by atoms with Crippen LogP contribution in [0.5, 0.6) is 0 Å². The second-order valence-corrected chi connectivity index (χ2v) is 14.1. The highest BCUT2D eigenvalue weighted by Crippen LogP contribution is 2.73. The van der Waals surface area contributed by atoms with Crippen LogP contribution in [0.2, 0.25) is 0 Å². The van der Waals surface area contributed by atoms with Gasteiger partial charge >= 0.3 is 0 Å². The van der Waals surface area contributed by atoms with Crippen molar-refractivity contribution in [2.24, 2.45) is 51.2 Å². The fourth-order valence-corrected chi connectivity index (χ4v) is 9.82. The van der Waals surface area contributed by atoms with Crippen molar-refractivity contribution in [3.8, 4) is 0 Å². The molecule has 4 rings (SSSR count). The molecule has 0 aromatic carbocycles. The van der Waals surface area contributed by atoms with E-state index < -0.39 is 0 Å². The maximum absolute atomic E-state index is 2.83. The number of hydrogen-bond acceptors (Lipinski definition) is 0. The molecule has 0 amide bonds. The van der Waals surface area contributed by atoms with Gasteiger partial charge in [0.15, 0.2) is 0 Å². The quantitative estimate of drug-likeness (QED) is 0.394. The molecule has 7 atom stereocenters. The van der Waals surface area contributed by atoms with Gasteiger partial charge in [0, 0.05) is 0 Å². The topological polar surface area (TPSA) is 0 Å². The minimum absolute atomic E-state index is 0.482. The van der Waals surface area contributed by atoms with Crippen LogP contribution in [0.15, 0.2) is 11.6 Å². The highest BCUT2D eigenvalue weighted by molar-refractivity contribution is 5.32. The van der Waals surface area contributed by atoms with Crippen LogP contribution >= 0.6 is 0 Å². The van der Waals surface area contributed by atoms with Crippen LogP contribution in [0.25, 0.3) is 0 Å². The summed E-state index contributed by atoms with van der Waals surface area (Å²) in [7, 11) is 0. The molecule has 0 N–H and O–H groups in total. The average molecular weight is 413 g/mol. The summed E-state index contributed by atoms with van der Waals surface area (Å²) in [6, 6.07) is 0. The summed E-state index contributed by atoms with van der Waals surface area (Å²) in [5.41, 5.74) is 3.99. The summed E-state index contributed by atoms with van der Waals surface area (Å²) in [5.74, 6) is 4.45. The lowest BCUT2D eigenvalue weighted by Crippen LogP contribution is -2.55. The molecule has 0 aliphatic heterocycles. The molecule has 1 unspecified atom stereocenters. The smallest absolute Gasteiger partial charge is 0.00801 e. The number of hydrogen-bond donors (Lipinski definition) is 0. The lowest BCUT2D eigenvalue weighted by Gasteiger charge is -2.63. The first-order valence-electron chi connectivity index (χ1n) is 13.7. The van der Waals surface area contributed by atoms with Crippen LogP contribution in [0, 0.1) is 51.2 Å². The Morgan fingerprint density at radius 1 is 0.867 bits per heavy atom. The van der Waals surface area contributed by atoms with Crippen LogP contribution in [0.3, 0.4) is 0 Å². The number of fused-ring (bicyclic) bond motifs is 5. The zero-order chi connectivity index (χ0) is 21.9. The summed E-state index contributed by atoms with van der Waals surface area (Å²) < 4.78 is 0. The molecule has 0 aromatic heterocycles. The molecular formula is C30H52. The number of rotatable bonds is 5. The molecule has 30 heavy (non-hydrogen) atoms. The monoisotopic (exact) mass is 412 g/mol. The van der Waals surface area contributed by atoms with Gasteiger partial charge in [-0.1, -0.05) is 92.7 Å². The molecule has 0 saturated heterocycles. The van der Waals surface area contributed by atoms with E-state index in [4.69, 9.17) is 0 Å². The van der Waals surface area contributed by atoms with Gasteiger partial charge in [0.25, 0.3) is 0 Å². The molecule has 4 aliphatic rings. The zero-order valence-electron chi connectivity index (χ0n) is 21.7. The van der Waals surface area contributed by atoms with Crippen LogP contribution in [-0.2, 0) is 0 Å². The Labute approximate surface area is 189 Å². The summed E-state index contributed by atoms with van der Waals surface area (Å²) in [4.78, 5) is 0. The van der Waals surface area contributed by atoms with E-state index >= 15 is 0 Å². The van der Waals surface area contributed by atoms with E-state index in [0.717, 1.165) is 29.6 Å². The van der Waals surface area contributed by atoms with Crippen molar-refractivity contribution in [1.82, 2.24) is 0 Å². The normalized spacial score (nSPS) is 46.0. The van der Waals surface area contributed by atoms with Gasteiger partial charge in [0.05, 0.1) is 0 Å². The molecule has 0 radical (unpaired) electrons. The second kappa shape index (κ2) is 7.66. The minimum Gasteiger partial charge on any atom is -0.0839 e. The predicted molar refractivity (Wildman–Crippen MR) is 131 cm³/mol. The minimum atomic E-state index is 0.482. The zero-order valence-corrected chi connectivity index (χ0v) is 21.7. The maximum atomic E-state index is 2.83. The third kappa shape index (κ3) is 3.28. The van der Waals surface area contributed by atoms with Gasteiger partial charge in [-0.25, -0.2) is 0 Å². The van der Waals surface area contributed by atoms with Crippen molar-refractivity contribution in [3.05, 3.63) is 11.6 Å². The van der Waals surface area contributed by atoms with Crippen molar-refractivity contribution >= 4 is 0 Å². The predicted octanol–water partition coefficient (Wildman–Crippen LogP) is 9.44. The van der Waals surface area contributed by atoms with E-state index in [9.17, 15) is 0 Å². The van der Waals surface area contributed by atoms with Crippen LogP contribution in [0.1, 0.15) is 126 Å². The SMILES string of the molecule is CC(C)CCC[C@@H](C)[C@H]1CC[C@@]2(C)[C@@H]3CCC4C(C)(C)CCC[C@]4(C)C3=CC[C@]12C. The molecule has 3 saturated carbocycles. The molecule has 0 heterocycles. The molecule has 0 spiro atoms. The fraction of sp³-hybridized carbons (Fsp3) is 0.933. The van der Waals surface area contributed by atoms with Crippen molar-refractivity contribution in [2.45, 2.75) is 126 Å². The Morgan fingerprint density at radius 2 is 1.60 bits per heavy atom. The molecule has 0 heteroatoms. The third-order valence-electron chi connectivity index (χ3n) is 11.7. The first-order chi connectivity index (χ1) is 14.0. The van der Waals surface area contributed by atoms with Crippen molar-refractivity contribution in [3.63, 3.8) is 0 Å². The largest absolute Gasteiger partial charge is 0.0839 e. The number of allylic oxidation sites excluding steroid dienone is 2. The highest BCUT2D eigenvalue weighted by Gasteiger charge is 2.64. The molecular weight excluding hydrogens is 360 g/mol. The standard InChI is InChI=1S/C30H52/c1-21(2)11-9-12-22(3)23-15-19-30(8)25-13-14-26-27(4,5)17-10-18-28(26,6)24(25)16-20-29(23,30)7/h16,21-23,25-26H,9-15,17-20H2,1-8H3/t22-,23-,25-,26?,28-,29-,30+/m1/s1. The van der Waals surface area contributed by atoms with Crippen LogP contribution in [0.4, 0.5) is 0 Å². The van der Waals surface area contributed by atoms with Gasteiger partial charge in [-0.3, -0.25) is 0 Å². The van der Waals surface area contributed by atoms with E-state index in [-0.39, 0.29) is 0 Å². The van der Waals surface area contributed by atoms with Gasteiger partial charge < -0.3 is 0 Å². The van der Waals surface area contributed by atoms with E-state index in [1.165, 1.54) is 70.6 Å². The van der Waals surface area contributed by atoms with Crippen LogP contribution < -0.4 is 0 Å². The third-order valence-corrected chi connectivity index (χ3v) is 11.7. The second-order valence-electron chi connectivity index (χ2n) is 14.1. The molecule has 4 aliphatic carbocycles. The highest BCUT2D eigenvalue weighted by atomic mass is 14.7. The molecule has 0 aromatic rings. The van der Waals surface area contributed by atoms with Crippen molar-refractivity contribution in [2.75, 3.05) is 0 Å². The molecule has 3 fully saturated rings.